The third kappa shape index (κ3) is 4.80. The van der Waals surface area contributed by atoms with Crippen molar-refractivity contribution in [3.05, 3.63) is 100 Å². The highest BCUT2D eigenvalue weighted by Crippen LogP contribution is 2.26. The van der Waals surface area contributed by atoms with Gasteiger partial charge in [-0.15, -0.1) is 0 Å². The normalized spacial score (nSPS) is 13.0. The second-order valence-corrected chi connectivity index (χ2v) is 7.47. The molecule has 0 saturated heterocycles. The zero-order valence-corrected chi connectivity index (χ0v) is 17.1. The number of carbonyl (C=O) groups excluding carboxylic acids is 1. The third-order valence-corrected chi connectivity index (χ3v) is 5.18. The number of nitrogens with one attached hydrogen (secondary N) is 2. The van der Waals surface area contributed by atoms with Gasteiger partial charge < -0.3 is 5.32 Å². The van der Waals surface area contributed by atoms with Crippen LogP contribution in [0.5, 0.6) is 0 Å². The Morgan fingerprint density at radius 1 is 0.929 bits per heavy atom. The first-order chi connectivity index (χ1) is 13.5. The van der Waals surface area contributed by atoms with Crippen molar-refractivity contribution in [3.63, 3.8) is 0 Å². The van der Waals surface area contributed by atoms with Gasteiger partial charge in [0.05, 0.1) is 0 Å². The molecule has 0 fully saturated rings. The monoisotopic (exact) mass is 392 g/mol. The standard InChI is InChI=1S/C24H25ClN2O/c1-16-13-14-17(2)22(15-16)27-24(28)23(19-9-5-4-6-10-19)26-18(3)20-11-7-8-12-21(20)25/h4-15,18,23,26H,1-3H3,(H,27,28)/t18-,23-/m0/s1. The van der Waals surface area contributed by atoms with Gasteiger partial charge in [-0.3, -0.25) is 10.1 Å². The predicted molar refractivity (Wildman–Crippen MR) is 117 cm³/mol. The molecule has 3 rings (SSSR count). The van der Waals surface area contributed by atoms with E-state index in [4.69, 9.17) is 11.6 Å². The van der Waals surface area contributed by atoms with E-state index in [-0.39, 0.29) is 11.9 Å². The quantitative estimate of drug-likeness (QED) is 0.541. The molecule has 0 aliphatic heterocycles. The zero-order valence-electron chi connectivity index (χ0n) is 16.4. The molecule has 3 aromatic rings. The molecule has 0 aliphatic carbocycles. The van der Waals surface area contributed by atoms with Gasteiger partial charge in [-0.25, -0.2) is 0 Å². The Morgan fingerprint density at radius 3 is 2.32 bits per heavy atom. The van der Waals surface area contributed by atoms with Gasteiger partial charge in [-0.05, 0) is 55.2 Å². The van der Waals surface area contributed by atoms with Gasteiger partial charge in [0.2, 0.25) is 5.91 Å². The minimum absolute atomic E-state index is 0.0942. The smallest absolute Gasteiger partial charge is 0.246 e. The lowest BCUT2D eigenvalue weighted by molar-refractivity contribution is -0.118. The van der Waals surface area contributed by atoms with Crippen LogP contribution in [0, 0.1) is 13.8 Å². The summed E-state index contributed by atoms with van der Waals surface area (Å²) in [5, 5.41) is 7.22. The Bertz CT molecular complexity index is 956. The summed E-state index contributed by atoms with van der Waals surface area (Å²) in [5.41, 5.74) is 4.84. The van der Waals surface area contributed by atoms with E-state index in [1.807, 2.05) is 93.6 Å². The van der Waals surface area contributed by atoms with E-state index in [0.717, 1.165) is 27.9 Å². The number of amides is 1. The predicted octanol–water partition coefficient (Wildman–Crippen LogP) is 5.99. The summed E-state index contributed by atoms with van der Waals surface area (Å²) in [6.07, 6.45) is 0. The molecule has 0 radical (unpaired) electrons. The summed E-state index contributed by atoms with van der Waals surface area (Å²) in [5.74, 6) is -0.0983. The molecule has 2 N–H and O–H groups in total. The maximum absolute atomic E-state index is 13.2. The molecule has 0 saturated carbocycles. The highest BCUT2D eigenvalue weighted by molar-refractivity contribution is 6.31. The van der Waals surface area contributed by atoms with Crippen molar-refractivity contribution in [2.24, 2.45) is 0 Å². The molecule has 144 valence electrons. The first-order valence-corrected chi connectivity index (χ1v) is 9.77. The fourth-order valence-electron chi connectivity index (χ4n) is 3.21. The third-order valence-electron chi connectivity index (χ3n) is 4.83. The van der Waals surface area contributed by atoms with Gasteiger partial charge in [0, 0.05) is 16.8 Å². The number of hydrogen-bond donors (Lipinski definition) is 2. The van der Waals surface area contributed by atoms with E-state index in [2.05, 4.69) is 10.6 Å². The average Bonchev–Trinajstić information content (AvgIpc) is 2.69. The summed E-state index contributed by atoms with van der Waals surface area (Å²) in [7, 11) is 0. The molecule has 3 nitrogen and oxygen atoms in total. The molecule has 0 heterocycles. The van der Waals surface area contributed by atoms with Crippen LogP contribution in [0.1, 0.15) is 41.3 Å². The Hall–Kier alpha value is -2.62. The molecule has 0 spiro atoms. The molecule has 0 aliphatic rings. The van der Waals surface area contributed by atoms with Crippen molar-refractivity contribution in [3.8, 4) is 0 Å². The fraction of sp³-hybridized carbons (Fsp3) is 0.208. The number of hydrogen-bond acceptors (Lipinski definition) is 2. The van der Waals surface area contributed by atoms with Crippen LogP contribution in [0.3, 0.4) is 0 Å². The number of benzene rings is 3. The van der Waals surface area contributed by atoms with Crippen LogP contribution in [0.15, 0.2) is 72.8 Å². The lowest BCUT2D eigenvalue weighted by atomic mass is 10.0. The lowest BCUT2D eigenvalue weighted by Gasteiger charge is -2.24. The summed E-state index contributed by atoms with van der Waals surface area (Å²) >= 11 is 6.36. The van der Waals surface area contributed by atoms with E-state index in [0.29, 0.717) is 5.02 Å². The van der Waals surface area contributed by atoms with Crippen molar-refractivity contribution < 1.29 is 4.79 Å². The maximum Gasteiger partial charge on any atom is 0.246 e. The molecular formula is C24H25ClN2O. The Morgan fingerprint density at radius 2 is 1.61 bits per heavy atom. The van der Waals surface area contributed by atoms with Crippen molar-refractivity contribution in [1.29, 1.82) is 0 Å². The first-order valence-electron chi connectivity index (χ1n) is 9.39. The number of rotatable bonds is 6. The van der Waals surface area contributed by atoms with Crippen LogP contribution in [-0.4, -0.2) is 5.91 Å². The SMILES string of the molecule is Cc1ccc(C)c(NC(=O)[C@@H](N[C@@H](C)c2ccccc2Cl)c2ccccc2)c1. The van der Waals surface area contributed by atoms with Crippen molar-refractivity contribution in [1.82, 2.24) is 5.32 Å². The van der Waals surface area contributed by atoms with E-state index >= 15 is 0 Å². The lowest BCUT2D eigenvalue weighted by Crippen LogP contribution is -2.35. The number of halogens is 1. The second-order valence-electron chi connectivity index (χ2n) is 7.06. The minimum Gasteiger partial charge on any atom is -0.324 e. The molecule has 2 atom stereocenters. The minimum atomic E-state index is -0.507. The Kier molecular flexibility index (Phi) is 6.50. The average molecular weight is 393 g/mol. The Labute approximate surface area is 171 Å². The van der Waals surface area contributed by atoms with Crippen LogP contribution < -0.4 is 10.6 Å². The van der Waals surface area contributed by atoms with E-state index in [1.54, 1.807) is 0 Å². The first kappa shape index (κ1) is 20.1. The van der Waals surface area contributed by atoms with E-state index in [1.165, 1.54) is 0 Å². The zero-order chi connectivity index (χ0) is 20.1. The van der Waals surface area contributed by atoms with Gasteiger partial charge in [-0.2, -0.15) is 0 Å². The van der Waals surface area contributed by atoms with Gasteiger partial charge in [0.25, 0.3) is 0 Å². The van der Waals surface area contributed by atoms with Crippen LogP contribution in [0.4, 0.5) is 5.69 Å². The van der Waals surface area contributed by atoms with Gasteiger partial charge >= 0.3 is 0 Å². The topological polar surface area (TPSA) is 41.1 Å². The summed E-state index contributed by atoms with van der Waals surface area (Å²) in [6.45, 7) is 6.02. The maximum atomic E-state index is 13.2. The van der Waals surface area contributed by atoms with Crippen LogP contribution in [-0.2, 0) is 4.79 Å². The molecule has 28 heavy (non-hydrogen) atoms. The second kappa shape index (κ2) is 9.05. The van der Waals surface area contributed by atoms with Gasteiger partial charge in [0.1, 0.15) is 6.04 Å². The summed E-state index contributed by atoms with van der Waals surface area (Å²) in [6, 6.07) is 22.9. The summed E-state index contributed by atoms with van der Waals surface area (Å²) < 4.78 is 0. The molecule has 0 aromatic heterocycles. The number of aryl methyl sites for hydroxylation is 2. The Balaban J connectivity index is 1.88. The highest BCUT2D eigenvalue weighted by atomic mass is 35.5. The van der Waals surface area contributed by atoms with Crippen LogP contribution in [0.2, 0.25) is 5.02 Å². The van der Waals surface area contributed by atoms with E-state index in [9.17, 15) is 4.79 Å². The fourth-order valence-corrected chi connectivity index (χ4v) is 3.51. The number of carbonyl (C=O) groups is 1. The highest BCUT2D eigenvalue weighted by Gasteiger charge is 2.24. The van der Waals surface area contributed by atoms with Crippen LogP contribution in [0.25, 0.3) is 0 Å². The van der Waals surface area contributed by atoms with Crippen molar-refractivity contribution in [2.75, 3.05) is 5.32 Å². The summed E-state index contributed by atoms with van der Waals surface area (Å²) in [4.78, 5) is 13.2. The molecule has 1 amide bonds. The van der Waals surface area contributed by atoms with Crippen molar-refractivity contribution in [2.45, 2.75) is 32.9 Å². The molecular weight excluding hydrogens is 368 g/mol. The largest absolute Gasteiger partial charge is 0.324 e. The van der Waals surface area contributed by atoms with Crippen LogP contribution >= 0.6 is 11.6 Å². The van der Waals surface area contributed by atoms with E-state index < -0.39 is 6.04 Å². The molecule has 3 aromatic carbocycles. The number of anilines is 1. The van der Waals surface area contributed by atoms with Gasteiger partial charge in [0.15, 0.2) is 0 Å². The molecule has 0 unspecified atom stereocenters. The molecule has 0 bridgehead atoms. The van der Waals surface area contributed by atoms with Gasteiger partial charge in [-0.1, -0.05) is 72.3 Å². The molecule has 4 heteroatoms. The van der Waals surface area contributed by atoms with Crippen molar-refractivity contribution >= 4 is 23.2 Å².